The van der Waals surface area contributed by atoms with Crippen molar-refractivity contribution >= 4 is 11.6 Å². The predicted molar refractivity (Wildman–Crippen MR) is 76.6 cm³/mol. The highest BCUT2D eigenvalue weighted by Crippen LogP contribution is 2.33. The molecule has 5 nitrogen and oxygen atoms in total. The largest absolute Gasteiger partial charge is 0.416 e. The van der Waals surface area contributed by atoms with E-state index in [-0.39, 0.29) is 17.3 Å². The van der Waals surface area contributed by atoms with Crippen molar-refractivity contribution in [1.82, 2.24) is 20.0 Å². The quantitative estimate of drug-likeness (QED) is 0.712. The number of benzene rings is 1. The summed E-state index contributed by atoms with van der Waals surface area (Å²) < 4.78 is 45.3. The van der Waals surface area contributed by atoms with Crippen LogP contribution in [0.2, 0.25) is 5.02 Å². The molecule has 1 aromatic carbocycles. The van der Waals surface area contributed by atoms with Crippen LogP contribution >= 0.6 is 11.6 Å². The number of rotatable bonds is 3. The molecule has 3 rings (SSSR count). The van der Waals surface area contributed by atoms with Gasteiger partial charge in [-0.25, -0.2) is 0 Å². The Morgan fingerprint density at radius 1 is 1.22 bits per heavy atom. The summed E-state index contributed by atoms with van der Waals surface area (Å²) in [5, 5.41) is 12.1. The molecule has 0 fully saturated rings. The van der Waals surface area contributed by atoms with Crippen LogP contribution in [0.5, 0.6) is 0 Å². The van der Waals surface area contributed by atoms with Gasteiger partial charge >= 0.3 is 6.18 Å². The molecule has 23 heavy (non-hydrogen) atoms. The SMILES string of the molecule is CCn1cc(Cl)c(-c2nnc(-c3cccc(C(F)(F)F)c3)o2)n1. The maximum absolute atomic E-state index is 12.8. The molecule has 0 amide bonds. The van der Waals surface area contributed by atoms with E-state index in [1.165, 1.54) is 12.1 Å². The topological polar surface area (TPSA) is 56.7 Å². The average molecular weight is 343 g/mol. The van der Waals surface area contributed by atoms with E-state index in [0.717, 1.165) is 12.1 Å². The van der Waals surface area contributed by atoms with Crippen LogP contribution in [0.1, 0.15) is 12.5 Å². The normalized spacial score (nSPS) is 11.9. The fourth-order valence-electron chi connectivity index (χ4n) is 1.97. The number of aromatic nitrogens is 4. The smallest absolute Gasteiger partial charge is 0.414 e. The first-order valence-electron chi connectivity index (χ1n) is 6.63. The lowest BCUT2D eigenvalue weighted by Crippen LogP contribution is -2.04. The van der Waals surface area contributed by atoms with E-state index in [4.69, 9.17) is 16.0 Å². The predicted octanol–water partition coefficient (Wildman–Crippen LogP) is 4.29. The number of aryl methyl sites for hydroxylation is 1. The van der Waals surface area contributed by atoms with Gasteiger partial charge in [0.05, 0.1) is 10.6 Å². The molecule has 0 atom stereocenters. The van der Waals surface area contributed by atoms with Crippen molar-refractivity contribution in [3.05, 3.63) is 41.0 Å². The second kappa shape index (κ2) is 5.69. The molecule has 0 aliphatic heterocycles. The van der Waals surface area contributed by atoms with E-state index < -0.39 is 11.7 Å². The summed E-state index contributed by atoms with van der Waals surface area (Å²) in [4.78, 5) is 0. The molecule has 0 bridgehead atoms. The van der Waals surface area contributed by atoms with Gasteiger partial charge in [0.2, 0.25) is 5.89 Å². The molecule has 0 unspecified atom stereocenters. The molecule has 0 spiro atoms. The third-order valence-electron chi connectivity index (χ3n) is 3.11. The van der Waals surface area contributed by atoms with Gasteiger partial charge in [-0.15, -0.1) is 10.2 Å². The molecular formula is C14H10ClF3N4O. The van der Waals surface area contributed by atoms with Crippen molar-refractivity contribution in [2.75, 3.05) is 0 Å². The number of halogens is 4. The molecule has 0 N–H and O–H groups in total. The van der Waals surface area contributed by atoms with Crippen molar-refractivity contribution in [3.8, 4) is 23.0 Å². The molecule has 0 aliphatic rings. The van der Waals surface area contributed by atoms with Gasteiger partial charge in [0, 0.05) is 18.3 Å². The van der Waals surface area contributed by atoms with E-state index in [0.29, 0.717) is 17.3 Å². The Labute approximate surface area is 133 Å². The lowest BCUT2D eigenvalue weighted by molar-refractivity contribution is -0.137. The number of hydrogen-bond donors (Lipinski definition) is 0. The zero-order valence-corrected chi connectivity index (χ0v) is 12.6. The summed E-state index contributed by atoms with van der Waals surface area (Å²) in [7, 11) is 0. The summed E-state index contributed by atoms with van der Waals surface area (Å²) in [6.45, 7) is 2.49. The maximum Gasteiger partial charge on any atom is 0.416 e. The van der Waals surface area contributed by atoms with Crippen LogP contribution in [0.4, 0.5) is 13.2 Å². The summed E-state index contributed by atoms with van der Waals surface area (Å²) in [6.07, 6.45) is -2.84. The maximum atomic E-state index is 12.8. The minimum absolute atomic E-state index is 0.0341. The molecule has 0 radical (unpaired) electrons. The summed E-state index contributed by atoms with van der Waals surface area (Å²) in [5.41, 5.74) is -0.327. The first-order valence-corrected chi connectivity index (χ1v) is 7.00. The molecule has 2 aromatic heterocycles. The molecule has 9 heteroatoms. The van der Waals surface area contributed by atoms with Gasteiger partial charge in [-0.2, -0.15) is 18.3 Å². The lowest BCUT2D eigenvalue weighted by Gasteiger charge is -2.06. The Balaban J connectivity index is 1.97. The highest BCUT2D eigenvalue weighted by atomic mass is 35.5. The van der Waals surface area contributed by atoms with Gasteiger partial charge in [0.15, 0.2) is 5.69 Å². The summed E-state index contributed by atoms with van der Waals surface area (Å²) >= 11 is 6.04. The van der Waals surface area contributed by atoms with Gasteiger partial charge < -0.3 is 4.42 Å². The standard InChI is InChI=1S/C14H10ClF3N4O/c1-2-22-7-10(15)11(21-22)13-20-19-12(23-13)8-4-3-5-9(6-8)14(16,17)18/h3-7H,2H2,1H3. The number of nitrogens with zero attached hydrogens (tertiary/aromatic N) is 4. The first kappa shape index (κ1) is 15.5. The van der Waals surface area contributed by atoms with Crippen LogP contribution in [0.3, 0.4) is 0 Å². The molecule has 0 aliphatic carbocycles. The first-order chi connectivity index (χ1) is 10.9. The van der Waals surface area contributed by atoms with Crippen LogP contribution in [0.25, 0.3) is 23.0 Å². The zero-order chi connectivity index (χ0) is 16.6. The highest BCUT2D eigenvalue weighted by Gasteiger charge is 2.31. The van der Waals surface area contributed by atoms with Crippen LogP contribution in [0, 0.1) is 0 Å². The van der Waals surface area contributed by atoms with Crippen molar-refractivity contribution in [2.24, 2.45) is 0 Å². The molecular weight excluding hydrogens is 333 g/mol. The van der Waals surface area contributed by atoms with E-state index in [1.807, 2.05) is 6.92 Å². The molecule has 3 aromatic rings. The Bertz CT molecular complexity index is 841. The lowest BCUT2D eigenvalue weighted by atomic mass is 10.1. The van der Waals surface area contributed by atoms with E-state index >= 15 is 0 Å². The second-order valence-corrected chi connectivity index (χ2v) is 5.08. The van der Waals surface area contributed by atoms with Crippen molar-refractivity contribution in [3.63, 3.8) is 0 Å². The Morgan fingerprint density at radius 3 is 2.61 bits per heavy atom. The van der Waals surface area contributed by atoms with Gasteiger partial charge in [0.1, 0.15) is 0 Å². The molecule has 120 valence electrons. The molecule has 0 saturated heterocycles. The second-order valence-electron chi connectivity index (χ2n) is 4.67. The molecule has 2 heterocycles. The van der Waals surface area contributed by atoms with E-state index in [1.54, 1.807) is 10.9 Å². The van der Waals surface area contributed by atoms with Gasteiger partial charge in [-0.3, -0.25) is 4.68 Å². The van der Waals surface area contributed by atoms with Gasteiger partial charge in [0.25, 0.3) is 5.89 Å². The fraction of sp³-hybridized carbons (Fsp3) is 0.214. The van der Waals surface area contributed by atoms with Crippen molar-refractivity contribution in [1.29, 1.82) is 0 Å². The van der Waals surface area contributed by atoms with Gasteiger partial charge in [-0.1, -0.05) is 17.7 Å². The van der Waals surface area contributed by atoms with Gasteiger partial charge in [-0.05, 0) is 25.1 Å². The Morgan fingerprint density at radius 2 is 1.96 bits per heavy atom. The molecule has 0 saturated carbocycles. The monoisotopic (exact) mass is 342 g/mol. The van der Waals surface area contributed by atoms with Crippen molar-refractivity contribution < 1.29 is 17.6 Å². The zero-order valence-electron chi connectivity index (χ0n) is 11.8. The van der Waals surface area contributed by atoms with Crippen molar-refractivity contribution in [2.45, 2.75) is 19.6 Å². The Kier molecular flexibility index (Phi) is 3.85. The average Bonchev–Trinajstić information content (AvgIpc) is 3.12. The van der Waals surface area contributed by atoms with E-state index in [2.05, 4.69) is 15.3 Å². The van der Waals surface area contributed by atoms with Crippen LogP contribution in [-0.4, -0.2) is 20.0 Å². The minimum atomic E-state index is -4.44. The fourth-order valence-corrected chi connectivity index (χ4v) is 2.20. The summed E-state index contributed by atoms with van der Waals surface area (Å²) in [5.74, 6) is 0.0165. The third kappa shape index (κ3) is 3.07. The van der Waals surface area contributed by atoms with Crippen LogP contribution in [-0.2, 0) is 12.7 Å². The van der Waals surface area contributed by atoms with Crippen LogP contribution in [0.15, 0.2) is 34.9 Å². The Hall–Kier alpha value is -2.35. The third-order valence-corrected chi connectivity index (χ3v) is 3.38. The van der Waals surface area contributed by atoms with Crippen LogP contribution < -0.4 is 0 Å². The number of alkyl halides is 3. The minimum Gasteiger partial charge on any atom is -0.414 e. The number of hydrogen-bond acceptors (Lipinski definition) is 4. The van der Waals surface area contributed by atoms with E-state index in [9.17, 15) is 13.2 Å². The summed E-state index contributed by atoms with van der Waals surface area (Å²) in [6, 6.07) is 4.66. The highest BCUT2D eigenvalue weighted by molar-refractivity contribution is 6.32.